The summed E-state index contributed by atoms with van der Waals surface area (Å²) in [6.07, 6.45) is 1.63. The van der Waals surface area contributed by atoms with Crippen LogP contribution in [-0.4, -0.2) is 10.8 Å². The molecule has 0 atom stereocenters. The van der Waals surface area contributed by atoms with Gasteiger partial charge in [0.2, 0.25) is 0 Å². The molecule has 2 aromatic carbocycles. The summed E-state index contributed by atoms with van der Waals surface area (Å²) in [7, 11) is 0. The van der Waals surface area contributed by atoms with Crippen LogP contribution in [0.15, 0.2) is 57.2 Å². The summed E-state index contributed by atoms with van der Waals surface area (Å²) in [6.45, 7) is 1.89. The molecule has 4 nitrogen and oxygen atoms in total. The molecule has 0 amide bonds. The third kappa shape index (κ3) is 2.28. The molecule has 0 saturated carbocycles. The molecule has 3 N–H and O–H groups in total. The van der Waals surface area contributed by atoms with Crippen molar-refractivity contribution in [2.45, 2.75) is 17.0 Å². The molecule has 0 bridgehead atoms. The first-order chi connectivity index (χ1) is 9.65. The molecule has 3 rings (SSSR count). The van der Waals surface area contributed by atoms with Crippen LogP contribution in [0.4, 0.5) is 0 Å². The number of fused-ring (bicyclic) bond motifs is 1. The second kappa shape index (κ2) is 5.02. The average molecular weight is 283 g/mol. The first-order valence-corrected chi connectivity index (χ1v) is 6.93. The number of oxazole rings is 1. The van der Waals surface area contributed by atoms with Gasteiger partial charge in [0.25, 0.3) is 5.22 Å². The lowest BCUT2D eigenvalue weighted by Crippen LogP contribution is -2.11. The first-order valence-electron chi connectivity index (χ1n) is 6.11. The van der Waals surface area contributed by atoms with Crippen LogP contribution in [0.3, 0.4) is 0 Å². The van der Waals surface area contributed by atoms with Crippen molar-refractivity contribution < 1.29 is 4.42 Å². The van der Waals surface area contributed by atoms with E-state index in [9.17, 15) is 0 Å². The number of nitrogens with one attached hydrogen (secondary N) is 1. The Labute approximate surface area is 120 Å². The van der Waals surface area contributed by atoms with Crippen molar-refractivity contribution in [3.05, 3.63) is 53.9 Å². The number of hydrogen-bond acceptors (Lipinski definition) is 4. The summed E-state index contributed by atoms with van der Waals surface area (Å²) in [6, 6.07) is 11.7. The van der Waals surface area contributed by atoms with Gasteiger partial charge in [-0.15, -0.1) is 0 Å². The monoisotopic (exact) mass is 283 g/mol. The first kappa shape index (κ1) is 12.7. The Morgan fingerprint density at radius 3 is 2.60 bits per heavy atom. The van der Waals surface area contributed by atoms with E-state index in [-0.39, 0.29) is 5.84 Å². The second-order valence-electron chi connectivity index (χ2n) is 4.43. The summed E-state index contributed by atoms with van der Waals surface area (Å²) in [5, 5.41) is 10.3. The highest BCUT2D eigenvalue weighted by Gasteiger charge is 2.11. The van der Waals surface area contributed by atoms with Crippen LogP contribution in [0.2, 0.25) is 0 Å². The Morgan fingerprint density at radius 2 is 1.95 bits per heavy atom. The number of benzene rings is 2. The van der Waals surface area contributed by atoms with Gasteiger partial charge in [-0.05, 0) is 41.6 Å². The van der Waals surface area contributed by atoms with Gasteiger partial charge in [-0.3, -0.25) is 5.41 Å². The number of aromatic nitrogens is 1. The molecule has 0 unspecified atom stereocenters. The van der Waals surface area contributed by atoms with Crippen LogP contribution in [0, 0.1) is 12.3 Å². The SMILES string of the molecule is Cc1coc(Sc2ccc(C(=N)N)c3ccccc23)n1. The molecule has 3 aromatic rings. The normalized spacial score (nSPS) is 10.8. The van der Waals surface area contributed by atoms with Gasteiger partial charge in [0, 0.05) is 10.5 Å². The van der Waals surface area contributed by atoms with E-state index >= 15 is 0 Å². The van der Waals surface area contributed by atoms with Crippen molar-refractivity contribution in [3.8, 4) is 0 Å². The molecule has 20 heavy (non-hydrogen) atoms. The Bertz CT molecular complexity index is 795. The predicted octanol–water partition coefficient (Wildman–Crippen LogP) is 3.57. The number of nitrogens with zero attached hydrogens (tertiary/aromatic N) is 1. The van der Waals surface area contributed by atoms with Crippen LogP contribution in [0.1, 0.15) is 11.3 Å². The summed E-state index contributed by atoms with van der Waals surface area (Å²) in [4.78, 5) is 5.33. The minimum atomic E-state index is 0.0738. The predicted molar refractivity (Wildman–Crippen MR) is 80.3 cm³/mol. The highest BCUT2D eigenvalue weighted by atomic mass is 32.2. The van der Waals surface area contributed by atoms with Crippen molar-refractivity contribution in [1.29, 1.82) is 5.41 Å². The lowest BCUT2D eigenvalue weighted by atomic mass is 10.0. The fourth-order valence-electron chi connectivity index (χ4n) is 2.07. The van der Waals surface area contributed by atoms with Crippen LogP contribution in [0.25, 0.3) is 10.8 Å². The van der Waals surface area contributed by atoms with E-state index in [1.807, 2.05) is 43.3 Å². The molecule has 1 heterocycles. The molecular formula is C15H13N3OS. The molecular weight excluding hydrogens is 270 g/mol. The van der Waals surface area contributed by atoms with Gasteiger partial charge >= 0.3 is 0 Å². The lowest BCUT2D eigenvalue weighted by Gasteiger charge is -2.08. The molecule has 5 heteroatoms. The van der Waals surface area contributed by atoms with Crippen LogP contribution in [0.5, 0.6) is 0 Å². The maximum atomic E-state index is 7.65. The third-order valence-electron chi connectivity index (χ3n) is 2.97. The van der Waals surface area contributed by atoms with E-state index in [0.29, 0.717) is 5.22 Å². The van der Waals surface area contributed by atoms with Gasteiger partial charge in [0.1, 0.15) is 12.1 Å². The summed E-state index contributed by atoms with van der Waals surface area (Å²) in [5.41, 5.74) is 7.23. The number of nitrogens with two attached hydrogens (primary N) is 1. The number of amidine groups is 1. The van der Waals surface area contributed by atoms with Gasteiger partial charge in [-0.25, -0.2) is 4.98 Å². The van der Waals surface area contributed by atoms with E-state index < -0.39 is 0 Å². The van der Waals surface area contributed by atoms with E-state index in [1.54, 1.807) is 6.26 Å². The zero-order chi connectivity index (χ0) is 14.1. The van der Waals surface area contributed by atoms with Gasteiger partial charge in [-0.1, -0.05) is 24.3 Å². The maximum Gasteiger partial charge on any atom is 0.260 e. The number of hydrogen-bond donors (Lipinski definition) is 2. The van der Waals surface area contributed by atoms with Crippen molar-refractivity contribution in [3.63, 3.8) is 0 Å². The molecule has 0 spiro atoms. The zero-order valence-electron chi connectivity index (χ0n) is 10.9. The number of rotatable bonds is 3. The molecule has 100 valence electrons. The Hall–Kier alpha value is -2.27. The molecule has 0 radical (unpaired) electrons. The van der Waals surface area contributed by atoms with Gasteiger partial charge < -0.3 is 10.2 Å². The fraction of sp³-hybridized carbons (Fsp3) is 0.0667. The molecule has 1 aromatic heterocycles. The fourth-order valence-corrected chi connectivity index (χ4v) is 2.97. The number of nitrogen functional groups attached to an aromatic ring is 1. The summed E-state index contributed by atoms with van der Waals surface area (Å²) >= 11 is 1.47. The van der Waals surface area contributed by atoms with E-state index in [2.05, 4.69) is 4.98 Å². The van der Waals surface area contributed by atoms with E-state index in [0.717, 1.165) is 26.9 Å². The zero-order valence-corrected chi connectivity index (χ0v) is 11.7. The van der Waals surface area contributed by atoms with Gasteiger partial charge in [0.15, 0.2) is 0 Å². The molecule has 0 fully saturated rings. The van der Waals surface area contributed by atoms with Crippen molar-refractivity contribution >= 4 is 28.4 Å². The highest BCUT2D eigenvalue weighted by Crippen LogP contribution is 2.34. The number of aryl methyl sites for hydroxylation is 1. The van der Waals surface area contributed by atoms with Crippen molar-refractivity contribution in [2.75, 3.05) is 0 Å². The molecule has 0 aliphatic heterocycles. The molecule has 0 aliphatic carbocycles. The molecule has 0 aliphatic rings. The largest absolute Gasteiger partial charge is 0.439 e. The topological polar surface area (TPSA) is 75.9 Å². The maximum absolute atomic E-state index is 7.65. The van der Waals surface area contributed by atoms with Crippen LogP contribution in [-0.2, 0) is 0 Å². The Balaban J connectivity index is 2.12. The van der Waals surface area contributed by atoms with Crippen LogP contribution >= 0.6 is 11.8 Å². The standard InChI is InChI=1S/C15H13N3OS/c1-9-8-19-15(18-9)20-13-7-6-12(14(16)17)10-4-2-3-5-11(10)13/h2-8H,1H3,(H3,16,17). The lowest BCUT2D eigenvalue weighted by molar-refractivity contribution is 0.454. The molecule has 0 saturated heterocycles. The smallest absolute Gasteiger partial charge is 0.260 e. The summed E-state index contributed by atoms with van der Waals surface area (Å²) in [5.74, 6) is 0.0738. The summed E-state index contributed by atoms with van der Waals surface area (Å²) < 4.78 is 5.38. The Kier molecular flexibility index (Phi) is 3.20. The van der Waals surface area contributed by atoms with E-state index in [4.69, 9.17) is 15.6 Å². The van der Waals surface area contributed by atoms with Crippen molar-refractivity contribution in [2.24, 2.45) is 5.73 Å². The minimum Gasteiger partial charge on any atom is -0.439 e. The third-order valence-corrected chi connectivity index (χ3v) is 3.91. The highest BCUT2D eigenvalue weighted by molar-refractivity contribution is 7.99. The van der Waals surface area contributed by atoms with E-state index in [1.165, 1.54) is 11.8 Å². The second-order valence-corrected chi connectivity index (χ2v) is 5.42. The van der Waals surface area contributed by atoms with Crippen LogP contribution < -0.4 is 5.73 Å². The average Bonchev–Trinajstić information content (AvgIpc) is 2.84. The van der Waals surface area contributed by atoms with Gasteiger partial charge in [-0.2, -0.15) is 0 Å². The quantitative estimate of drug-likeness (QED) is 0.569. The van der Waals surface area contributed by atoms with Crippen molar-refractivity contribution in [1.82, 2.24) is 4.98 Å². The minimum absolute atomic E-state index is 0.0738. The van der Waals surface area contributed by atoms with Gasteiger partial charge in [0.05, 0.1) is 5.69 Å². The Morgan fingerprint density at radius 1 is 1.20 bits per heavy atom.